The summed E-state index contributed by atoms with van der Waals surface area (Å²) in [5, 5.41) is 11.0. The molecule has 1 aliphatic heterocycles. The normalized spacial score (nSPS) is 23.3. The highest BCUT2D eigenvalue weighted by Crippen LogP contribution is 2.30. The Hall–Kier alpha value is -1.07. The highest BCUT2D eigenvalue weighted by atomic mass is 35.5. The molecule has 0 bridgehead atoms. The van der Waals surface area contributed by atoms with E-state index < -0.39 is 0 Å². The zero-order chi connectivity index (χ0) is 12.5. The number of aromatic nitrogens is 2. The third-order valence-electron chi connectivity index (χ3n) is 3.53. The molecule has 0 spiro atoms. The summed E-state index contributed by atoms with van der Waals surface area (Å²) in [6, 6.07) is 0.284. The van der Waals surface area contributed by atoms with Gasteiger partial charge in [0.2, 0.25) is 0 Å². The fourth-order valence-corrected chi connectivity index (χ4v) is 2.44. The van der Waals surface area contributed by atoms with Crippen molar-refractivity contribution in [3.05, 3.63) is 21.6 Å². The van der Waals surface area contributed by atoms with Gasteiger partial charge >= 0.3 is 0 Å². The van der Waals surface area contributed by atoms with E-state index in [2.05, 4.69) is 15.7 Å². The molecule has 2 aliphatic rings. The van der Waals surface area contributed by atoms with Crippen molar-refractivity contribution in [2.75, 3.05) is 18.4 Å². The van der Waals surface area contributed by atoms with Crippen molar-refractivity contribution in [3.63, 3.8) is 0 Å². The van der Waals surface area contributed by atoms with Gasteiger partial charge in [-0.05, 0) is 31.7 Å². The van der Waals surface area contributed by atoms with E-state index in [-0.39, 0.29) is 11.6 Å². The van der Waals surface area contributed by atoms with Crippen molar-refractivity contribution in [2.24, 2.45) is 5.92 Å². The van der Waals surface area contributed by atoms with Gasteiger partial charge in [-0.1, -0.05) is 11.6 Å². The molecule has 2 fully saturated rings. The van der Waals surface area contributed by atoms with Crippen molar-refractivity contribution in [1.29, 1.82) is 0 Å². The quantitative estimate of drug-likeness (QED) is 0.858. The van der Waals surface area contributed by atoms with Gasteiger partial charge in [0, 0.05) is 19.1 Å². The van der Waals surface area contributed by atoms with E-state index in [0.29, 0.717) is 23.2 Å². The Kier molecular flexibility index (Phi) is 3.26. The maximum absolute atomic E-state index is 12.3. The molecule has 1 aliphatic carbocycles. The van der Waals surface area contributed by atoms with Crippen LogP contribution in [0, 0.1) is 5.92 Å². The zero-order valence-corrected chi connectivity index (χ0v) is 10.9. The molecule has 5 nitrogen and oxygen atoms in total. The first-order valence-corrected chi connectivity index (χ1v) is 6.84. The van der Waals surface area contributed by atoms with E-state index in [1.807, 2.05) is 0 Å². The Morgan fingerprint density at radius 2 is 2.33 bits per heavy atom. The van der Waals surface area contributed by atoms with Gasteiger partial charge in [-0.15, -0.1) is 0 Å². The van der Waals surface area contributed by atoms with Crippen LogP contribution in [0.15, 0.2) is 11.0 Å². The van der Waals surface area contributed by atoms with Crippen LogP contribution in [-0.2, 0) is 6.54 Å². The molecule has 0 amide bonds. The van der Waals surface area contributed by atoms with Crippen molar-refractivity contribution in [2.45, 2.75) is 31.8 Å². The predicted octanol–water partition coefficient (Wildman–Crippen LogP) is 1.08. The van der Waals surface area contributed by atoms with Gasteiger partial charge in [-0.3, -0.25) is 4.79 Å². The Balaban J connectivity index is 1.83. The summed E-state index contributed by atoms with van der Waals surface area (Å²) in [4.78, 5) is 12.3. The summed E-state index contributed by atoms with van der Waals surface area (Å²) in [5.41, 5.74) is 0.405. The third-order valence-corrected chi connectivity index (χ3v) is 3.82. The molecule has 1 unspecified atom stereocenters. The van der Waals surface area contributed by atoms with Crippen LogP contribution in [0.2, 0.25) is 5.02 Å². The summed E-state index contributed by atoms with van der Waals surface area (Å²) in [5.74, 6) is 0.623. The Morgan fingerprint density at radius 1 is 1.50 bits per heavy atom. The van der Waals surface area contributed by atoms with Crippen molar-refractivity contribution < 1.29 is 0 Å². The number of halogens is 1. The zero-order valence-electron chi connectivity index (χ0n) is 10.2. The van der Waals surface area contributed by atoms with Crippen LogP contribution in [0.4, 0.5) is 5.69 Å². The highest BCUT2D eigenvalue weighted by Gasteiger charge is 2.24. The standard InChI is InChI=1S/C12H17ClN4O/c13-10-6-15-17(7-8-1-2-8)12(18)11(10)16-9-3-4-14-5-9/h6,8-9,14,16H,1-5,7H2. The number of nitrogens with zero attached hydrogens (tertiary/aromatic N) is 2. The minimum Gasteiger partial charge on any atom is -0.375 e. The first kappa shape index (κ1) is 12.0. The van der Waals surface area contributed by atoms with Crippen molar-refractivity contribution in [1.82, 2.24) is 15.1 Å². The molecule has 98 valence electrons. The summed E-state index contributed by atoms with van der Waals surface area (Å²) >= 11 is 6.07. The summed E-state index contributed by atoms with van der Waals surface area (Å²) in [7, 11) is 0. The minimum atomic E-state index is -0.0960. The van der Waals surface area contributed by atoms with Crippen LogP contribution in [0.3, 0.4) is 0 Å². The minimum absolute atomic E-state index is 0.0960. The maximum Gasteiger partial charge on any atom is 0.291 e. The lowest BCUT2D eigenvalue weighted by Gasteiger charge is -2.14. The second kappa shape index (κ2) is 4.90. The Labute approximate surface area is 111 Å². The van der Waals surface area contributed by atoms with Crippen LogP contribution >= 0.6 is 11.6 Å². The number of anilines is 1. The van der Waals surface area contributed by atoms with Crippen LogP contribution in [-0.4, -0.2) is 28.9 Å². The van der Waals surface area contributed by atoms with E-state index >= 15 is 0 Å². The summed E-state index contributed by atoms with van der Waals surface area (Å²) in [6.07, 6.45) is 4.98. The lowest BCUT2D eigenvalue weighted by Crippen LogP contribution is -2.31. The van der Waals surface area contributed by atoms with Gasteiger partial charge in [0.1, 0.15) is 5.69 Å². The fourth-order valence-electron chi connectivity index (χ4n) is 2.26. The van der Waals surface area contributed by atoms with Gasteiger partial charge in [0.15, 0.2) is 0 Å². The third kappa shape index (κ3) is 2.52. The second-order valence-corrected chi connectivity index (χ2v) is 5.54. The van der Waals surface area contributed by atoms with Gasteiger partial charge in [-0.2, -0.15) is 5.10 Å². The Morgan fingerprint density at radius 3 is 3.00 bits per heavy atom. The lowest BCUT2D eigenvalue weighted by molar-refractivity contribution is 0.534. The lowest BCUT2D eigenvalue weighted by atomic mass is 10.2. The van der Waals surface area contributed by atoms with E-state index in [4.69, 9.17) is 11.6 Å². The van der Waals surface area contributed by atoms with Gasteiger partial charge in [-0.25, -0.2) is 4.68 Å². The monoisotopic (exact) mass is 268 g/mol. The largest absolute Gasteiger partial charge is 0.375 e. The molecule has 1 atom stereocenters. The highest BCUT2D eigenvalue weighted by molar-refractivity contribution is 6.33. The molecular formula is C12H17ClN4O. The van der Waals surface area contributed by atoms with Crippen LogP contribution in [0.5, 0.6) is 0 Å². The van der Waals surface area contributed by atoms with Crippen LogP contribution < -0.4 is 16.2 Å². The summed E-state index contributed by atoms with van der Waals surface area (Å²) in [6.45, 7) is 2.57. The first-order valence-electron chi connectivity index (χ1n) is 6.47. The summed E-state index contributed by atoms with van der Waals surface area (Å²) < 4.78 is 1.54. The molecule has 2 heterocycles. The Bertz CT molecular complexity index is 491. The first-order chi connectivity index (χ1) is 8.74. The molecule has 3 rings (SSSR count). The van der Waals surface area contributed by atoms with Crippen molar-refractivity contribution >= 4 is 17.3 Å². The SMILES string of the molecule is O=c1c(NC2CCNC2)c(Cl)cnn1CC1CC1. The molecule has 18 heavy (non-hydrogen) atoms. The topological polar surface area (TPSA) is 59.0 Å². The second-order valence-electron chi connectivity index (χ2n) is 5.13. The molecule has 1 saturated carbocycles. The fraction of sp³-hybridized carbons (Fsp3) is 0.667. The molecule has 6 heteroatoms. The van der Waals surface area contributed by atoms with Crippen LogP contribution in [0.1, 0.15) is 19.3 Å². The molecule has 1 saturated heterocycles. The van der Waals surface area contributed by atoms with Crippen LogP contribution in [0.25, 0.3) is 0 Å². The average molecular weight is 269 g/mol. The molecule has 0 radical (unpaired) electrons. The van der Waals surface area contributed by atoms with Crippen molar-refractivity contribution in [3.8, 4) is 0 Å². The van der Waals surface area contributed by atoms with E-state index in [9.17, 15) is 4.79 Å². The van der Waals surface area contributed by atoms with Gasteiger partial charge in [0.05, 0.1) is 11.2 Å². The molecule has 1 aromatic rings. The number of hydrogen-bond acceptors (Lipinski definition) is 4. The number of hydrogen-bond donors (Lipinski definition) is 2. The van der Waals surface area contributed by atoms with E-state index in [1.54, 1.807) is 6.20 Å². The molecule has 2 N–H and O–H groups in total. The number of rotatable bonds is 4. The van der Waals surface area contributed by atoms with E-state index in [1.165, 1.54) is 17.5 Å². The van der Waals surface area contributed by atoms with Gasteiger partial charge < -0.3 is 10.6 Å². The maximum atomic E-state index is 12.3. The molecule has 0 aromatic carbocycles. The van der Waals surface area contributed by atoms with Gasteiger partial charge in [0.25, 0.3) is 5.56 Å². The molecular weight excluding hydrogens is 252 g/mol. The number of nitrogens with one attached hydrogen (secondary N) is 2. The predicted molar refractivity (Wildman–Crippen MR) is 71.1 cm³/mol. The van der Waals surface area contributed by atoms with E-state index in [0.717, 1.165) is 19.5 Å². The smallest absolute Gasteiger partial charge is 0.291 e. The average Bonchev–Trinajstić information content (AvgIpc) is 3.02. The molecule has 1 aromatic heterocycles.